The van der Waals surface area contributed by atoms with Gasteiger partial charge in [0.25, 0.3) is 5.91 Å². The van der Waals surface area contributed by atoms with Gasteiger partial charge in [0.2, 0.25) is 0 Å². The highest BCUT2D eigenvalue weighted by molar-refractivity contribution is 5.94. The lowest BCUT2D eigenvalue weighted by molar-refractivity contribution is -0.140. The van der Waals surface area contributed by atoms with Gasteiger partial charge >= 0.3 is 11.7 Å². The molecule has 0 aromatic carbocycles. The van der Waals surface area contributed by atoms with Gasteiger partial charge in [0.15, 0.2) is 0 Å². The van der Waals surface area contributed by atoms with Crippen LogP contribution in [0.1, 0.15) is 24.3 Å². The van der Waals surface area contributed by atoms with E-state index >= 15 is 0 Å². The van der Waals surface area contributed by atoms with Crippen LogP contribution in [-0.2, 0) is 4.79 Å². The van der Waals surface area contributed by atoms with E-state index in [0.29, 0.717) is 0 Å². The monoisotopic (exact) mass is 227 g/mol. The number of aromatic nitrogens is 2. The van der Waals surface area contributed by atoms with Gasteiger partial charge in [0.05, 0.1) is 0 Å². The molecular formula is C9H13N3O4. The number of amides is 1. The van der Waals surface area contributed by atoms with Crippen LogP contribution >= 0.6 is 0 Å². The Morgan fingerprint density at radius 1 is 1.44 bits per heavy atom. The summed E-state index contributed by atoms with van der Waals surface area (Å²) in [5.41, 5.74) is -0.501. The summed E-state index contributed by atoms with van der Waals surface area (Å²) in [5.74, 6) is -1.98. The van der Waals surface area contributed by atoms with Crippen molar-refractivity contribution < 1.29 is 14.7 Å². The fourth-order valence-corrected chi connectivity index (χ4v) is 1.19. The van der Waals surface area contributed by atoms with Crippen LogP contribution < -0.4 is 11.0 Å². The van der Waals surface area contributed by atoms with Gasteiger partial charge in [-0.05, 0) is 5.92 Å². The Bertz CT molecular complexity index is 446. The number of rotatable bonds is 4. The second-order valence-corrected chi connectivity index (χ2v) is 3.69. The minimum Gasteiger partial charge on any atom is -0.480 e. The third kappa shape index (κ3) is 2.72. The van der Waals surface area contributed by atoms with Crippen molar-refractivity contribution in [3.63, 3.8) is 0 Å². The number of aliphatic carboxylic acids is 1. The van der Waals surface area contributed by atoms with Crippen molar-refractivity contribution in [2.45, 2.75) is 19.9 Å². The Kier molecular flexibility index (Phi) is 3.49. The smallest absolute Gasteiger partial charge is 0.326 e. The number of hydrogen-bond acceptors (Lipinski definition) is 3. The van der Waals surface area contributed by atoms with Crippen molar-refractivity contribution in [1.82, 2.24) is 15.3 Å². The molecule has 88 valence electrons. The van der Waals surface area contributed by atoms with Gasteiger partial charge < -0.3 is 20.4 Å². The van der Waals surface area contributed by atoms with E-state index in [2.05, 4.69) is 15.3 Å². The molecule has 0 saturated carbocycles. The lowest BCUT2D eigenvalue weighted by Crippen LogP contribution is -2.44. The van der Waals surface area contributed by atoms with Crippen molar-refractivity contribution in [3.05, 3.63) is 22.4 Å². The van der Waals surface area contributed by atoms with Gasteiger partial charge in [-0.1, -0.05) is 13.8 Å². The summed E-state index contributed by atoms with van der Waals surface area (Å²) in [6.45, 7) is 3.36. The molecule has 0 saturated heterocycles. The van der Waals surface area contributed by atoms with Crippen LogP contribution in [0.3, 0.4) is 0 Å². The number of H-pyrrole nitrogens is 2. The summed E-state index contributed by atoms with van der Waals surface area (Å²) in [4.78, 5) is 37.6. The number of hydrogen-bond donors (Lipinski definition) is 4. The van der Waals surface area contributed by atoms with E-state index in [1.165, 1.54) is 6.20 Å². The van der Waals surface area contributed by atoms with E-state index in [1.54, 1.807) is 13.8 Å². The average molecular weight is 227 g/mol. The molecule has 0 aliphatic rings. The lowest BCUT2D eigenvalue weighted by Gasteiger charge is -2.17. The van der Waals surface area contributed by atoms with Gasteiger partial charge in [-0.25, -0.2) is 9.59 Å². The highest BCUT2D eigenvalue weighted by atomic mass is 16.4. The van der Waals surface area contributed by atoms with E-state index in [0.717, 1.165) is 0 Å². The standard InChI is InChI=1S/C9H13N3O4/c1-4(2)6(8(14)15)12-7(13)5-3-10-9(16)11-5/h3-4,6H,1-2H3,(H,12,13)(H,14,15)(H2,10,11,16). The molecule has 7 nitrogen and oxygen atoms in total. The molecular weight excluding hydrogens is 214 g/mol. The molecule has 0 aliphatic heterocycles. The maximum absolute atomic E-state index is 11.5. The maximum atomic E-state index is 11.5. The van der Waals surface area contributed by atoms with Crippen LogP contribution in [0.2, 0.25) is 0 Å². The van der Waals surface area contributed by atoms with Crippen LogP contribution in [0.5, 0.6) is 0 Å². The molecule has 0 spiro atoms. The highest BCUT2D eigenvalue weighted by Gasteiger charge is 2.24. The first-order chi connectivity index (χ1) is 7.41. The number of nitrogens with one attached hydrogen (secondary N) is 3. The Morgan fingerprint density at radius 3 is 2.44 bits per heavy atom. The molecule has 0 aliphatic carbocycles. The summed E-state index contributed by atoms with van der Waals surface area (Å²) in [6, 6.07) is -0.981. The first kappa shape index (κ1) is 12.0. The second-order valence-electron chi connectivity index (χ2n) is 3.69. The number of carbonyl (C=O) groups is 2. The molecule has 0 radical (unpaired) electrons. The van der Waals surface area contributed by atoms with Gasteiger partial charge in [-0.2, -0.15) is 0 Å². The van der Waals surface area contributed by atoms with Gasteiger partial charge in [-0.3, -0.25) is 4.79 Å². The van der Waals surface area contributed by atoms with E-state index in [1.807, 2.05) is 0 Å². The summed E-state index contributed by atoms with van der Waals surface area (Å²) in [6.07, 6.45) is 1.19. The van der Waals surface area contributed by atoms with Crippen molar-refractivity contribution in [2.75, 3.05) is 0 Å². The van der Waals surface area contributed by atoms with Crippen LogP contribution in [-0.4, -0.2) is 33.0 Å². The van der Waals surface area contributed by atoms with Crippen LogP contribution in [0, 0.1) is 5.92 Å². The SMILES string of the molecule is CC(C)C(NC(=O)c1c[nH]c(=O)[nH]1)C(=O)O. The molecule has 4 N–H and O–H groups in total. The molecule has 1 unspecified atom stereocenters. The Labute approximate surface area is 90.9 Å². The minimum atomic E-state index is -1.11. The number of aromatic amines is 2. The number of carboxylic acid groups (broad SMARTS) is 1. The van der Waals surface area contributed by atoms with Crippen molar-refractivity contribution in [2.24, 2.45) is 5.92 Å². The van der Waals surface area contributed by atoms with Crippen LogP contribution in [0.15, 0.2) is 11.0 Å². The van der Waals surface area contributed by atoms with Gasteiger partial charge in [0, 0.05) is 6.20 Å². The molecule has 0 fully saturated rings. The predicted octanol–water partition coefficient (Wildman–Crippen LogP) is -0.458. The number of carboxylic acids is 1. The van der Waals surface area contributed by atoms with Crippen LogP contribution in [0.25, 0.3) is 0 Å². The third-order valence-corrected chi connectivity index (χ3v) is 2.06. The average Bonchev–Trinajstić information content (AvgIpc) is 2.59. The molecule has 1 amide bonds. The Morgan fingerprint density at radius 2 is 2.06 bits per heavy atom. The maximum Gasteiger partial charge on any atom is 0.326 e. The molecule has 1 atom stereocenters. The van der Waals surface area contributed by atoms with E-state index < -0.39 is 23.6 Å². The fraction of sp³-hybridized carbons (Fsp3) is 0.444. The van der Waals surface area contributed by atoms with Gasteiger partial charge in [0.1, 0.15) is 11.7 Å². The molecule has 7 heteroatoms. The normalized spacial score (nSPS) is 12.4. The second kappa shape index (κ2) is 4.65. The van der Waals surface area contributed by atoms with Gasteiger partial charge in [-0.15, -0.1) is 0 Å². The van der Waals surface area contributed by atoms with E-state index in [-0.39, 0.29) is 11.6 Å². The third-order valence-electron chi connectivity index (χ3n) is 2.06. The zero-order valence-corrected chi connectivity index (χ0v) is 8.90. The minimum absolute atomic E-state index is 0.0110. The largest absolute Gasteiger partial charge is 0.480 e. The molecule has 1 aromatic rings. The van der Waals surface area contributed by atoms with E-state index in [9.17, 15) is 14.4 Å². The molecule has 0 bridgehead atoms. The zero-order chi connectivity index (χ0) is 12.3. The summed E-state index contributed by atoms with van der Waals surface area (Å²) in [7, 11) is 0. The predicted molar refractivity (Wildman–Crippen MR) is 55.1 cm³/mol. The molecule has 1 rings (SSSR count). The van der Waals surface area contributed by atoms with Crippen molar-refractivity contribution in [3.8, 4) is 0 Å². The van der Waals surface area contributed by atoms with Crippen molar-refractivity contribution in [1.29, 1.82) is 0 Å². The molecule has 1 aromatic heterocycles. The van der Waals surface area contributed by atoms with E-state index in [4.69, 9.17) is 5.11 Å². The fourth-order valence-electron chi connectivity index (χ4n) is 1.19. The summed E-state index contributed by atoms with van der Waals surface area (Å²) in [5, 5.41) is 11.2. The van der Waals surface area contributed by atoms with Crippen molar-refractivity contribution >= 4 is 11.9 Å². The Balaban J connectivity index is 2.76. The molecule has 1 heterocycles. The topological polar surface area (TPSA) is 115 Å². The Hall–Kier alpha value is -2.05. The summed E-state index contributed by atoms with van der Waals surface area (Å²) >= 11 is 0. The first-order valence-electron chi connectivity index (χ1n) is 4.73. The lowest BCUT2D eigenvalue weighted by atomic mass is 10.0. The number of carbonyl (C=O) groups excluding carboxylic acids is 1. The molecule has 16 heavy (non-hydrogen) atoms. The van der Waals surface area contributed by atoms with Crippen LogP contribution in [0.4, 0.5) is 0 Å². The summed E-state index contributed by atoms with van der Waals surface area (Å²) < 4.78 is 0. The first-order valence-corrected chi connectivity index (χ1v) is 4.73. The highest BCUT2D eigenvalue weighted by Crippen LogP contribution is 2.02. The number of imidazole rings is 1. The quantitative estimate of drug-likeness (QED) is 0.557. The zero-order valence-electron chi connectivity index (χ0n) is 8.90.